The number of nitrogens with zero attached hydrogens (tertiary/aromatic N) is 1. The zero-order valence-corrected chi connectivity index (χ0v) is 16.7. The van der Waals surface area contributed by atoms with Crippen LogP contribution in [0.25, 0.3) is 6.08 Å². The van der Waals surface area contributed by atoms with E-state index in [1.165, 1.54) is 19.2 Å². The van der Waals surface area contributed by atoms with E-state index in [0.29, 0.717) is 22.0 Å². The van der Waals surface area contributed by atoms with E-state index in [2.05, 4.69) is 4.40 Å². The molecular weight excluding hydrogens is 394 g/mol. The van der Waals surface area contributed by atoms with Gasteiger partial charge in [-0.2, -0.15) is 12.8 Å². The van der Waals surface area contributed by atoms with Crippen LogP contribution in [0.3, 0.4) is 0 Å². The zero-order chi connectivity index (χ0) is 20.0. The number of sulfonamides is 1. The van der Waals surface area contributed by atoms with Gasteiger partial charge in [0.2, 0.25) is 0 Å². The van der Waals surface area contributed by atoms with Crippen LogP contribution in [0.15, 0.2) is 94.2 Å². The fraction of sp³-hybridized carbons (Fsp3) is 0.0455. The summed E-state index contributed by atoms with van der Waals surface area (Å²) in [5.41, 5.74) is 1.87. The van der Waals surface area contributed by atoms with Crippen LogP contribution in [0, 0.1) is 0 Å². The van der Waals surface area contributed by atoms with E-state index in [9.17, 15) is 8.42 Å². The molecule has 3 aromatic carbocycles. The van der Waals surface area contributed by atoms with Crippen LogP contribution < -0.4 is 4.74 Å². The number of halogens is 1. The first-order valence-electron chi connectivity index (χ1n) is 8.46. The minimum atomic E-state index is -3.89. The van der Waals surface area contributed by atoms with Gasteiger partial charge in [-0.05, 0) is 48.0 Å². The molecule has 0 bridgehead atoms. The van der Waals surface area contributed by atoms with Crippen LogP contribution in [0.1, 0.15) is 11.1 Å². The van der Waals surface area contributed by atoms with E-state index < -0.39 is 10.0 Å². The zero-order valence-electron chi connectivity index (χ0n) is 15.1. The van der Waals surface area contributed by atoms with Crippen LogP contribution >= 0.6 is 11.6 Å². The lowest BCUT2D eigenvalue weighted by Gasteiger charge is -2.05. The Balaban J connectivity index is 2.02. The van der Waals surface area contributed by atoms with Crippen molar-refractivity contribution in [3.8, 4) is 5.75 Å². The summed E-state index contributed by atoms with van der Waals surface area (Å²) in [7, 11) is -2.37. The van der Waals surface area contributed by atoms with Gasteiger partial charge in [-0.3, -0.25) is 0 Å². The Labute approximate surface area is 169 Å². The first-order chi connectivity index (χ1) is 13.5. The lowest BCUT2D eigenvalue weighted by molar-refractivity contribution is 0.414. The Hall–Kier alpha value is -2.89. The molecule has 0 aliphatic heterocycles. The second kappa shape index (κ2) is 8.87. The fourth-order valence-electron chi connectivity index (χ4n) is 2.50. The maximum absolute atomic E-state index is 12.8. The van der Waals surface area contributed by atoms with Gasteiger partial charge in [0.15, 0.2) is 0 Å². The SMILES string of the molecule is COc1ccc(S(=O)(=O)/N=C(\C=C\c2cccc(Cl)c2)c2ccccc2)cc1. The summed E-state index contributed by atoms with van der Waals surface area (Å²) in [6.45, 7) is 0. The van der Waals surface area contributed by atoms with Crippen molar-refractivity contribution >= 4 is 33.4 Å². The maximum Gasteiger partial charge on any atom is 0.282 e. The van der Waals surface area contributed by atoms with E-state index in [-0.39, 0.29) is 4.90 Å². The molecule has 3 rings (SSSR count). The molecule has 28 heavy (non-hydrogen) atoms. The van der Waals surface area contributed by atoms with E-state index in [0.717, 1.165) is 5.56 Å². The smallest absolute Gasteiger partial charge is 0.282 e. The molecule has 0 aromatic heterocycles. The van der Waals surface area contributed by atoms with Crippen molar-refractivity contribution in [1.29, 1.82) is 0 Å². The fourth-order valence-corrected chi connectivity index (χ4v) is 3.71. The van der Waals surface area contributed by atoms with Crippen LogP contribution in [-0.2, 0) is 10.0 Å². The van der Waals surface area contributed by atoms with Gasteiger partial charge in [-0.15, -0.1) is 0 Å². The largest absolute Gasteiger partial charge is 0.497 e. The average molecular weight is 412 g/mol. The Morgan fingerprint density at radius 3 is 2.32 bits per heavy atom. The minimum Gasteiger partial charge on any atom is -0.497 e. The Morgan fingerprint density at radius 1 is 0.964 bits per heavy atom. The van der Waals surface area contributed by atoms with Crippen molar-refractivity contribution in [2.75, 3.05) is 7.11 Å². The predicted molar refractivity (Wildman–Crippen MR) is 114 cm³/mol. The summed E-state index contributed by atoms with van der Waals surface area (Å²) in [6.07, 6.45) is 3.45. The van der Waals surface area contributed by atoms with Gasteiger partial charge < -0.3 is 4.74 Å². The summed E-state index contributed by atoms with van der Waals surface area (Å²) in [6, 6.07) is 22.5. The van der Waals surface area contributed by atoms with Crippen LogP contribution in [0.5, 0.6) is 5.75 Å². The Bertz CT molecular complexity index is 1110. The van der Waals surface area contributed by atoms with E-state index in [1.54, 1.807) is 36.4 Å². The number of ether oxygens (including phenoxy) is 1. The summed E-state index contributed by atoms with van der Waals surface area (Å²) in [5, 5.41) is 0.603. The molecule has 0 aliphatic carbocycles. The van der Waals surface area contributed by atoms with Crippen molar-refractivity contribution in [3.63, 3.8) is 0 Å². The standard InChI is InChI=1S/C22H18ClNO3S/c1-27-20-11-13-21(14-12-20)28(25,26)24-22(18-7-3-2-4-8-18)15-10-17-6-5-9-19(23)16-17/h2-16H,1H3/b15-10+,24-22+. The third kappa shape index (κ3) is 5.09. The second-order valence-electron chi connectivity index (χ2n) is 5.88. The maximum atomic E-state index is 12.8. The molecule has 0 radical (unpaired) electrons. The highest BCUT2D eigenvalue weighted by atomic mass is 35.5. The van der Waals surface area contributed by atoms with Crippen LogP contribution in [0.4, 0.5) is 0 Å². The predicted octanol–water partition coefficient (Wildman–Crippen LogP) is 5.24. The van der Waals surface area contributed by atoms with Gasteiger partial charge in [-0.1, -0.05) is 60.1 Å². The van der Waals surface area contributed by atoms with Gasteiger partial charge in [0, 0.05) is 10.6 Å². The number of hydrogen-bond acceptors (Lipinski definition) is 3. The molecule has 0 fully saturated rings. The van der Waals surface area contributed by atoms with Crippen LogP contribution in [-0.4, -0.2) is 21.2 Å². The summed E-state index contributed by atoms with van der Waals surface area (Å²) >= 11 is 6.02. The third-order valence-electron chi connectivity index (χ3n) is 3.93. The molecular formula is C22H18ClNO3S. The minimum absolute atomic E-state index is 0.0953. The normalized spacial score (nSPS) is 12.3. The van der Waals surface area contributed by atoms with Gasteiger partial charge in [-0.25, -0.2) is 0 Å². The van der Waals surface area contributed by atoms with E-state index >= 15 is 0 Å². The van der Waals surface area contributed by atoms with Gasteiger partial charge in [0.1, 0.15) is 5.75 Å². The van der Waals surface area contributed by atoms with Gasteiger partial charge in [0.25, 0.3) is 10.0 Å². The molecule has 0 spiro atoms. The van der Waals surface area contributed by atoms with Crippen molar-refractivity contribution < 1.29 is 13.2 Å². The number of allylic oxidation sites excluding steroid dienone is 1. The molecule has 0 amide bonds. The molecule has 0 saturated carbocycles. The Morgan fingerprint density at radius 2 is 1.68 bits per heavy atom. The molecule has 0 aliphatic rings. The monoisotopic (exact) mass is 411 g/mol. The van der Waals surface area contributed by atoms with E-state index in [4.69, 9.17) is 16.3 Å². The molecule has 0 N–H and O–H groups in total. The van der Waals surface area contributed by atoms with Crippen molar-refractivity contribution in [3.05, 3.63) is 101 Å². The van der Waals surface area contributed by atoms with Crippen molar-refractivity contribution in [1.82, 2.24) is 0 Å². The molecule has 0 saturated heterocycles. The lowest BCUT2D eigenvalue weighted by atomic mass is 10.1. The highest BCUT2D eigenvalue weighted by molar-refractivity contribution is 7.90. The highest BCUT2D eigenvalue weighted by Gasteiger charge is 2.14. The van der Waals surface area contributed by atoms with Crippen molar-refractivity contribution in [2.24, 2.45) is 4.40 Å². The molecule has 3 aromatic rings. The first-order valence-corrected chi connectivity index (χ1v) is 10.3. The lowest BCUT2D eigenvalue weighted by Crippen LogP contribution is -2.04. The van der Waals surface area contributed by atoms with Gasteiger partial charge in [0.05, 0.1) is 17.7 Å². The van der Waals surface area contributed by atoms with Gasteiger partial charge >= 0.3 is 0 Å². The summed E-state index contributed by atoms with van der Waals surface area (Å²) < 4.78 is 34.7. The number of hydrogen-bond donors (Lipinski definition) is 0. The first kappa shape index (κ1) is 19.9. The highest BCUT2D eigenvalue weighted by Crippen LogP contribution is 2.19. The molecule has 0 atom stereocenters. The summed E-state index contributed by atoms with van der Waals surface area (Å²) in [4.78, 5) is 0.0953. The molecule has 0 unspecified atom stereocenters. The molecule has 4 nitrogen and oxygen atoms in total. The third-order valence-corrected chi connectivity index (χ3v) is 5.47. The molecule has 142 valence electrons. The number of methoxy groups -OCH3 is 1. The number of benzene rings is 3. The Kier molecular flexibility index (Phi) is 6.29. The quantitative estimate of drug-likeness (QED) is 0.521. The second-order valence-corrected chi connectivity index (χ2v) is 7.92. The van der Waals surface area contributed by atoms with Crippen molar-refractivity contribution in [2.45, 2.75) is 4.90 Å². The molecule has 0 heterocycles. The number of rotatable bonds is 6. The topological polar surface area (TPSA) is 55.7 Å². The average Bonchev–Trinajstić information content (AvgIpc) is 2.72. The van der Waals surface area contributed by atoms with E-state index in [1.807, 2.05) is 42.5 Å². The summed E-state index contributed by atoms with van der Waals surface area (Å²) in [5.74, 6) is 0.576. The van der Waals surface area contributed by atoms with Crippen LogP contribution in [0.2, 0.25) is 5.02 Å². The molecule has 6 heteroatoms.